The molecule has 0 amide bonds. The Balaban J connectivity index is 1.45. The van der Waals surface area contributed by atoms with Crippen LogP contribution >= 0.6 is 0 Å². The molecule has 1 nitrogen and oxygen atoms in total. The van der Waals surface area contributed by atoms with Crippen LogP contribution in [0, 0.1) is 0 Å². The van der Waals surface area contributed by atoms with E-state index in [1.165, 1.54) is 55.8 Å². The Morgan fingerprint density at radius 1 is 0.551 bits per heavy atom. The van der Waals surface area contributed by atoms with E-state index in [1.54, 1.807) is 0 Å². The number of fused-ring (bicyclic) bond motifs is 7. The van der Waals surface area contributed by atoms with Crippen LogP contribution in [0.5, 0.6) is 0 Å². The number of allylic oxidation sites excluding steroid dienone is 5. The maximum Gasteiger partial charge on any atom is 0.0543 e. The molecule has 6 aromatic carbocycles. The highest BCUT2D eigenvalue weighted by atomic mass is 15.1. The van der Waals surface area contributed by atoms with E-state index >= 15 is 0 Å². The summed E-state index contributed by atoms with van der Waals surface area (Å²) in [6.45, 7) is 11.4. The van der Waals surface area contributed by atoms with Crippen LogP contribution in [0.25, 0.3) is 27.8 Å². The third-order valence-electron chi connectivity index (χ3n) is 10.3. The minimum atomic E-state index is -0.384. The lowest BCUT2D eigenvalue weighted by molar-refractivity contribution is 0.590. The molecular formula is C48H41N. The minimum absolute atomic E-state index is 0.0569. The van der Waals surface area contributed by atoms with Gasteiger partial charge in [-0.15, -0.1) is 0 Å². The summed E-state index contributed by atoms with van der Waals surface area (Å²) in [7, 11) is 0. The molecule has 1 heteroatoms. The van der Waals surface area contributed by atoms with E-state index in [0.717, 1.165) is 23.4 Å². The van der Waals surface area contributed by atoms with Crippen LogP contribution in [0.2, 0.25) is 0 Å². The van der Waals surface area contributed by atoms with Gasteiger partial charge in [-0.3, -0.25) is 0 Å². The van der Waals surface area contributed by atoms with Gasteiger partial charge in [-0.25, -0.2) is 0 Å². The first-order valence-corrected chi connectivity index (χ1v) is 17.3. The third kappa shape index (κ3) is 5.09. The molecular weight excluding hydrogens is 591 g/mol. The van der Waals surface area contributed by atoms with Crippen molar-refractivity contribution in [3.63, 3.8) is 0 Å². The predicted octanol–water partition coefficient (Wildman–Crippen LogP) is 13.0. The number of hydrogen-bond acceptors (Lipinski definition) is 1. The zero-order valence-electron chi connectivity index (χ0n) is 28.5. The maximum atomic E-state index is 4.52. The summed E-state index contributed by atoms with van der Waals surface area (Å²) in [6.07, 6.45) is 9.62. The summed E-state index contributed by atoms with van der Waals surface area (Å²) in [6, 6.07) is 53.6. The molecule has 1 spiro atoms. The summed E-state index contributed by atoms with van der Waals surface area (Å²) in [5, 5.41) is 0. The van der Waals surface area contributed by atoms with E-state index in [9.17, 15) is 0 Å². The largest absolute Gasteiger partial charge is 0.309 e. The van der Waals surface area contributed by atoms with Crippen molar-refractivity contribution in [2.75, 3.05) is 4.90 Å². The van der Waals surface area contributed by atoms with Gasteiger partial charge >= 0.3 is 0 Å². The van der Waals surface area contributed by atoms with Crippen molar-refractivity contribution in [2.45, 2.75) is 38.0 Å². The Hall–Kier alpha value is -5.66. The zero-order valence-corrected chi connectivity index (χ0v) is 28.5. The summed E-state index contributed by atoms with van der Waals surface area (Å²) in [4.78, 5) is 2.49. The first-order chi connectivity index (χ1) is 23.9. The van der Waals surface area contributed by atoms with Crippen LogP contribution in [-0.2, 0) is 10.8 Å². The molecule has 0 saturated carbocycles. The highest BCUT2D eigenvalue weighted by Crippen LogP contribution is 2.59. The molecule has 0 aliphatic heterocycles. The first kappa shape index (κ1) is 30.7. The van der Waals surface area contributed by atoms with Crippen molar-refractivity contribution in [1.82, 2.24) is 0 Å². The van der Waals surface area contributed by atoms with E-state index in [0.29, 0.717) is 0 Å². The molecule has 6 aromatic rings. The molecule has 238 valence electrons. The molecule has 49 heavy (non-hydrogen) atoms. The van der Waals surface area contributed by atoms with Gasteiger partial charge in [-0.1, -0.05) is 173 Å². The molecule has 0 bridgehead atoms. The average Bonchev–Trinajstić information content (AvgIpc) is 3.45. The number of hydrogen-bond donors (Lipinski definition) is 0. The Bertz CT molecular complexity index is 2240. The lowest BCUT2D eigenvalue weighted by Gasteiger charge is -2.35. The van der Waals surface area contributed by atoms with Crippen molar-refractivity contribution in [2.24, 2.45) is 0 Å². The second-order valence-electron chi connectivity index (χ2n) is 14.2. The van der Waals surface area contributed by atoms with Gasteiger partial charge in [0.15, 0.2) is 0 Å². The van der Waals surface area contributed by atoms with E-state index in [-0.39, 0.29) is 10.8 Å². The van der Waals surface area contributed by atoms with Crippen molar-refractivity contribution in [3.05, 3.63) is 204 Å². The van der Waals surface area contributed by atoms with Crippen molar-refractivity contribution in [1.29, 1.82) is 0 Å². The van der Waals surface area contributed by atoms with Gasteiger partial charge < -0.3 is 4.90 Å². The fourth-order valence-corrected chi connectivity index (χ4v) is 7.97. The molecule has 0 N–H and O–H groups in total. The molecule has 2 aliphatic rings. The predicted molar refractivity (Wildman–Crippen MR) is 209 cm³/mol. The summed E-state index contributed by atoms with van der Waals surface area (Å²) in [5.41, 5.74) is 15.6. The van der Waals surface area contributed by atoms with Crippen LogP contribution in [0.3, 0.4) is 0 Å². The molecule has 1 atom stereocenters. The molecule has 0 heterocycles. The van der Waals surface area contributed by atoms with Crippen molar-refractivity contribution in [3.8, 4) is 22.3 Å². The maximum absolute atomic E-state index is 4.52. The summed E-state index contributed by atoms with van der Waals surface area (Å²) in [5.74, 6) is 0. The van der Waals surface area contributed by atoms with Crippen LogP contribution in [0.15, 0.2) is 176 Å². The summed E-state index contributed by atoms with van der Waals surface area (Å²) >= 11 is 0. The molecule has 8 rings (SSSR count). The van der Waals surface area contributed by atoms with Gasteiger partial charge in [0.2, 0.25) is 0 Å². The van der Waals surface area contributed by atoms with Crippen molar-refractivity contribution < 1.29 is 0 Å². The molecule has 0 fully saturated rings. The van der Waals surface area contributed by atoms with Gasteiger partial charge in [-0.2, -0.15) is 0 Å². The highest BCUT2D eigenvalue weighted by molar-refractivity contribution is 5.99. The van der Waals surface area contributed by atoms with E-state index in [4.69, 9.17) is 0 Å². The zero-order chi connectivity index (χ0) is 33.6. The molecule has 0 saturated heterocycles. The number of para-hydroxylation sites is 1. The van der Waals surface area contributed by atoms with Crippen molar-refractivity contribution >= 4 is 22.6 Å². The number of rotatable bonds is 4. The quantitative estimate of drug-likeness (QED) is 0.187. The van der Waals surface area contributed by atoms with Crippen LogP contribution in [0.1, 0.15) is 55.0 Å². The number of nitrogens with zero attached hydrogens (tertiary/aromatic N) is 1. The number of anilines is 3. The van der Waals surface area contributed by atoms with Crippen LogP contribution < -0.4 is 4.90 Å². The fraction of sp³-hybridized carbons (Fsp3) is 0.125. The van der Waals surface area contributed by atoms with Gasteiger partial charge in [0.1, 0.15) is 0 Å². The Kier molecular flexibility index (Phi) is 7.57. The second kappa shape index (κ2) is 12.1. The van der Waals surface area contributed by atoms with E-state index < -0.39 is 0 Å². The molecule has 0 radical (unpaired) electrons. The Labute approximate surface area is 291 Å². The SMILES string of the molecule is C=C1/C=C\C=C/CC2(c3ccccc31)c1ccccc1-c1c(N(c3ccc(C(C)(C)C)cc3)c3ccccc3-c3ccccc3)cccc12. The second-order valence-corrected chi connectivity index (χ2v) is 14.2. The summed E-state index contributed by atoms with van der Waals surface area (Å²) < 4.78 is 0. The topological polar surface area (TPSA) is 3.24 Å². The lowest BCUT2D eigenvalue weighted by Crippen LogP contribution is -2.27. The third-order valence-corrected chi connectivity index (χ3v) is 10.3. The van der Waals surface area contributed by atoms with Gasteiger partial charge in [0, 0.05) is 16.8 Å². The number of benzene rings is 6. The lowest BCUT2D eigenvalue weighted by atomic mass is 9.68. The monoisotopic (exact) mass is 631 g/mol. The first-order valence-electron chi connectivity index (χ1n) is 17.3. The standard InChI is InChI=1S/C48H41N/c1-34-18-7-6-16-33-48(41-24-13-10-21-38(34)41)42-25-14-11-23-40(42)46-43(48)26-17-28-45(46)49(37-31-29-36(30-32-37)47(2,3)4)44-27-15-12-22-39(44)35-19-8-5-9-20-35/h5-32H,1,33H2,2-4H3/b16-6-,18-7-. The molecule has 2 aliphatic carbocycles. The fourth-order valence-electron chi connectivity index (χ4n) is 7.97. The molecule has 1 unspecified atom stereocenters. The van der Waals surface area contributed by atoms with Gasteiger partial charge in [0.25, 0.3) is 0 Å². The highest BCUT2D eigenvalue weighted by Gasteiger charge is 2.46. The van der Waals surface area contributed by atoms with E-state index in [2.05, 4.69) is 202 Å². The Morgan fingerprint density at radius 3 is 1.88 bits per heavy atom. The van der Waals surface area contributed by atoms with Crippen LogP contribution in [-0.4, -0.2) is 0 Å². The van der Waals surface area contributed by atoms with E-state index in [1.807, 2.05) is 0 Å². The van der Waals surface area contributed by atoms with Crippen LogP contribution in [0.4, 0.5) is 17.1 Å². The average molecular weight is 632 g/mol. The normalized spacial score (nSPS) is 17.7. The molecule has 0 aromatic heterocycles. The Morgan fingerprint density at radius 2 is 1.14 bits per heavy atom. The minimum Gasteiger partial charge on any atom is -0.309 e. The smallest absolute Gasteiger partial charge is 0.0543 e. The van der Waals surface area contributed by atoms with Gasteiger partial charge in [0.05, 0.1) is 16.8 Å². The van der Waals surface area contributed by atoms with Gasteiger partial charge in [-0.05, 0) is 80.6 Å².